The zero-order valence-corrected chi connectivity index (χ0v) is 16.7. The maximum atomic E-state index is 12.7. The van der Waals surface area contributed by atoms with Gasteiger partial charge in [0.1, 0.15) is 0 Å². The predicted molar refractivity (Wildman–Crippen MR) is 115 cm³/mol. The van der Waals surface area contributed by atoms with Crippen molar-refractivity contribution in [1.82, 2.24) is 10.6 Å². The summed E-state index contributed by atoms with van der Waals surface area (Å²) in [6.07, 6.45) is 0. The summed E-state index contributed by atoms with van der Waals surface area (Å²) < 4.78 is 0. The Bertz CT molecular complexity index is 902. The lowest BCUT2D eigenvalue weighted by molar-refractivity contribution is -0.117. The highest BCUT2D eigenvalue weighted by molar-refractivity contribution is 6.05. The standard InChI is InChI=1S/C22H26N4O2/c1-14(2)25-21(27)15(3)20(26-17-9-7-6-8-10-17)18-13-16(22(28)24-5)11-12-19(18)23-4/h6-14,26H,4H2,1-3,5H3,(H,24,28)(H,25,27)/b20-15-. The molecule has 0 radical (unpaired) electrons. The number of carbonyl (C=O) groups is 2. The molecule has 2 rings (SSSR count). The van der Waals surface area contributed by atoms with Gasteiger partial charge in [-0.25, -0.2) is 0 Å². The first-order chi connectivity index (χ1) is 13.4. The van der Waals surface area contributed by atoms with Gasteiger partial charge in [-0.3, -0.25) is 14.6 Å². The number of anilines is 1. The maximum absolute atomic E-state index is 12.7. The Balaban J connectivity index is 2.65. The van der Waals surface area contributed by atoms with E-state index >= 15 is 0 Å². The zero-order valence-electron chi connectivity index (χ0n) is 16.7. The number of aliphatic imine (C=N–C) groups is 1. The predicted octanol–water partition coefficient (Wildman–Crippen LogP) is 3.75. The van der Waals surface area contributed by atoms with Gasteiger partial charge in [-0.05, 0) is 57.8 Å². The maximum Gasteiger partial charge on any atom is 0.251 e. The van der Waals surface area contributed by atoms with E-state index in [1.807, 2.05) is 44.2 Å². The SMILES string of the molecule is C=Nc1ccc(C(=O)NC)cc1/C(Nc1ccccc1)=C(\C)C(=O)NC(C)C. The van der Waals surface area contributed by atoms with Crippen molar-refractivity contribution in [3.63, 3.8) is 0 Å². The first-order valence-electron chi connectivity index (χ1n) is 9.04. The second kappa shape index (κ2) is 9.50. The average molecular weight is 378 g/mol. The summed E-state index contributed by atoms with van der Waals surface area (Å²) in [6.45, 7) is 9.17. The molecule has 0 bridgehead atoms. The van der Waals surface area contributed by atoms with Crippen LogP contribution in [-0.4, -0.2) is 31.6 Å². The van der Waals surface area contributed by atoms with E-state index < -0.39 is 0 Å². The molecule has 28 heavy (non-hydrogen) atoms. The molecule has 6 heteroatoms. The fourth-order valence-electron chi connectivity index (χ4n) is 2.67. The summed E-state index contributed by atoms with van der Waals surface area (Å²) in [5, 5.41) is 8.82. The van der Waals surface area contributed by atoms with Gasteiger partial charge in [0.05, 0.1) is 11.4 Å². The van der Waals surface area contributed by atoms with E-state index in [1.54, 1.807) is 32.2 Å². The van der Waals surface area contributed by atoms with Crippen LogP contribution in [0.25, 0.3) is 5.70 Å². The molecule has 3 N–H and O–H groups in total. The Hall–Kier alpha value is -3.41. The Morgan fingerprint density at radius 2 is 1.75 bits per heavy atom. The van der Waals surface area contributed by atoms with Gasteiger partial charge in [-0.15, -0.1) is 0 Å². The molecule has 2 aromatic carbocycles. The van der Waals surface area contributed by atoms with E-state index in [0.29, 0.717) is 28.1 Å². The largest absolute Gasteiger partial charge is 0.355 e. The van der Waals surface area contributed by atoms with Gasteiger partial charge in [0, 0.05) is 35.5 Å². The highest BCUT2D eigenvalue weighted by Gasteiger charge is 2.18. The third-order valence-corrected chi connectivity index (χ3v) is 4.10. The molecule has 0 spiro atoms. The summed E-state index contributed by atoms with van der Waals surface area (Å²) in [5.41, 5.74) is 3.53. The molecule has 0 atom stereocenters. The highest BCUT2D eigenvalue weighted by atomic mass is 16.2. The number of nitrogens with zero attached hydrogens (tertiary/aromatic N) is 1. The number of nitrogens with one attached hydrogen (secondary N) is 3. The average Bonchev–Trinajstić information content (AvgIpc) is 2.70. The Morgan fingerprint density at radius 3 is 2.32 bits per heavy atom. The fraction of sp³-hybridized carbons (Fsp3) is 0.227. The minimum absolute atomic E-state index is 0.00497. The molecule has 6 nitrogen and oxygen atoms in total. The minimum atomic E-state index is -0.222. The van der Waals surface area contributed by atoms with Crippen molar-refractivity contribution in [2.45, 2.75) is 26.8 Å². The van der Waals surface area contributed by atoms with Gasteiger partial charge in [0.2, 0.25) is 5.91 Å². The molecule has 2 amide bonds. The number of benzene rings is 2. The van der Waals surface area contributed by atoms with E-state index in [2.05, 4.69) is 27.7 Å². The Morgan fingerprint density at radius 1 is 1.07 bits per heavy atom. The molecule has 146 valence electrons. The second-order valence-electron chi connectivity index (χ2n) is 6.59. The molecule has 2 aromatic rings. The van der Waals surface area contributed by atoms with Crippen molar-refractivity contribution in [3.8, 4) is 0 Å². The van der Waals surface area contributed by atoms with Gasteiger partial charge in [0.25, 0.3) is 5.91 Å². The summed E-state index contributed by atoms with van der Waals surface area (Å²) in [6, 6.07) is 14.6. The summed E-state index contributed by atoms with van der Waals surface area (Å²) in [4.78, 5) is 28.9. The number of rotatable bonds is 7. The Labute approximate surface area is 165 Å². The molecule has 0 saturated carbocycles. The van der Waals surface area contributed by atoms with Crippen molar-refractivity contribution in [1.29, 1.82) is 0 Å². The van der Waals surface area contributed by atoms with Crippen LogP contribution in [0.4, 0.5) is 11.4 Å². The number of hydrogen-bond donors (Lipinski definition) is 3. The van der Waals surface area contributed by atoms with Crippen LogP contribution in [0.15, 0.2) is 59.1 Å². The lowest BCUT2D eigenvalue weighted by atomic mass is 10.0. The first kappa shape index (κ1) is 20.9. The second-order valence-corrected chi connectivity index (χ2v) is 6.59. The molecule has 0 aliphatic carbocycles. The smallest absolute Gasteiger partial charge is 0.251 e. The summed E-state index contributed by atoms with van der Waals surface area (Å²) >= 11 is 0. The topological polar surface area (TPSA) is 82.6 Å². The number of hydrogen-bond acceptors (Lipinski definition) is 4. The van der Waals surface area contributed by atoms with E-state index in [-0.39, 0.29) is 17.9 Å². The van der Waals surface area contributed by atoms with Crippen molar-refractivity contribution < 1.29 is 9.59 Å². The van der Waals surface area contributed by atoms with Crippen LogP contribution in [0, 0.1) is 0 Å². The third-order valence-electron chi connectivity index (χ3n) is 4.10. The van der Waals surface area contributed by atoms with Crippen LogP contribution < -0.4 is 16.0 Å². The number of para-hydroxylation sites is 1. The number of amides is 2. The first-order valence-corrected chi connectivity index (χ1v) is 9.04. The molecule has 0 heterocycles. The van der Waals surface area contributed by atoms with Gasteiger partial charge >= 0.3 is 0 Å². The van der Waals surface area contributed by atoms with Crippen molar-refractivity contribution in [2.24, 2.45) is 4.99 Å². The van der Waals surface area contributed by atoms with Gasteiger partial charge in [-0.1, -0.05) is 18.2 Å². The lowest BCUT2D eigenvalue weighted by Crippen LogP contribution is -2.31. The molecular formula is C22H26N4O2. The molecule has 0 aliphatic rings. The van der Waals surface area contributed by atoms with Gasteiger partial charge in [-0.2, -0.15) is 0 Å². The van der Waals surface area contributed by atoms with Crippen LogP contribution in [0.2, 0.25) is 0 Å². The molecule has 0 saturated heterocycles. The normalized spacial score (nSPS) is 11.5. The monoisotopic (exact) mass is 378 g/mol. The van der Waals surface area contributed by atoms with Crippen LogP contribution in [0.3, 0.4) is 0 Å². The zero-order chi connectivity index (χ0) is 20.7. The van der Waals surface area contributed by atoms with Gasteiger partial charge in [0.15, 0.2) is 0 Å². The van der Waals surface area contributed by atoms with Crippen molar-refractivity contribution in [2.75, 3.05) is 12.4 Å². The van der Waals surface area contributed by atoms with Crippen LogP contribution in [-0.2, 0) is 4.79 Å². The van der Waals surface area contributed by atoms with Crippen LogP contribution in [0.5, 0.6) is 0 Å². The number of carbonyl (C=O) groups excluding carboxylic acids is 2. The molecule has 0 aliphatic heterocycles. The molecule has 0 unspecified atom stereocenters. The summed E-state index contributed by atoms with van der Waals surface area (Å²) in [5.74, 6) is -0.422. The van der Waals surface area contributed by atoms with E-state index in [1.165, 1.54) is 0 Å². The fourth-order valence-corrected chi connectivity index (χ4v) is 2.67. The molecule has 0 aromatic heterocycles. The Kier molecular flexibility index (Phi) is 7.09. The van der Waals surface area contributed by atoms with Crippen molar-refractivity contribution >= 4 is 35.6 Å². The van der Waals surface area contributed by atoms with E-state index in [4.69, 9.17) is 0 Å². The van der Waals surface area contributed by atoms with Gasteiger partial charge < -0.3 is 16.0 Å². The molecule has 0 fully saturated rings. The van der Waals surface area contributed by atoms with E-state index in [9.17, 15) is 9.59 Å². The molecular weight excluding hydrogens is 352 g/mol. The quantitative estimate of drug-likeness (QED) is 0.507. The van der Waals surface area contributed by atoms with Crippen LogP contribution in [0.1, 0.15) is 36.7 Å². The highest BCUT2D eigenvalue weighted by Crippen LogP contribution is 2.31. The lowest BCUT2D eigenvalue weighted by Gasteiger charge is -2.18. The minimum Gasteiger partial charge on any atom is -0.355 e. The van der Waals surface area contributed by atoms with E-state index in [0.717, 1.165) is 5.69 Å². The third kappa shape index (κ3) is 5.07. The summed E-state index contributed by atoms with van der Waals surface area (Å²) in [7, 11) is 1.57. The van der Waals surface area contributed by atoms with Crippen LogP contribution >= 0.6 is 0 Å². The van der Waals surface area contributed by atoms with Crippen molar-refractivity contribution in [3.05, 3.63) is 65.2 Å².